The van der Waals surface area contributed by atoms with Crippen molar-refractivity contribution in [2.24, 2.45) is 0 Å². The quantitative estimate of drug-likeness (QED) is 0.794. The number of hydrogen-bond donors (Lipinski definition) is 1. The van der Waals surface area contributed by atoms with Gasteiger partial charge in [0.1, 0.15) is 0 Å². The second kappa shape index (κ2) is 5.40. The second-order valence-corrected chi connectivity index (χ2v) is 2.85. The van der Waals surface area contributed by atoms with Crippen molar-refractivity contribution in [3.05, 3.63) is 35.7 Å². The minimum absolute atomic E-state index is 0.275. The van der Waals surface area contributed by atoms with Crippen LogP contribution in [-0.2, 0) is 0 Å². The highest BCUT2D eigenvalue weighted by atomic mass is 19.1. The Bertz CT molecular complexity index is 323. The Labute approximate surface area is 83.4 Å². The van der Waals surface area contributed by atoms with Crippen molar-refractivity contribution >= 4 is 6.08 Å². The summed E-state index contributed by atoms with van der Waals surface area (Å²) in [6.45, 7) is 0.791. The first kappa shape index (κ1) is 10.7. The topological polar surface area (TPSA) is 21.3 Å². The predicted molar refractivity (Wildman–Crippen MR) is 55.9 cm³/mol. The van der Waals surface area contributed by atoms with Gasteiger partial charge in [-0.25, -0.2) is 4.39 Å². The molecule has 0 amide bonds. The van der Waals surface area contributed by atoms with E-state index in [-0.39, 0.29) is 11.6 Å². The average Bonchev–Trinajstić information content (AvgIpc) is 2.21. The molecular weight excluding hydrogens is 181 g/mol. The van der Waals surface area contributed by atoms with E-state index in [1.807, 2.05) is 19.2 Å². The third kappa shape index (κ3) is 2.85. The number of ether oxygens (including phenoxy) is 1. The second-order valence-electron chi connectivity index (χ2n) is 2.85. The van der Waals surface area contributed by atoms with Gasteiger partial charge in [-0.05, 0) is 24.7 Å². The van der Waals surface area contributed by atoms with Crippen molar-refractivity contribution in [3.8, 4) is 5.75 Å². The lowest BCUT2D eigenvalue weighted by Gasteiger charge is -2.02. The molecule has 0 fully saturated rings. The maximum Gasteiger partial charge on any atom is 0.165 e. The van der Waals surface area contributed by atoms with Gasteiger partial charge in [0, 0.05) is 6.54 Å². The summed E-state index contributed by atoms with van der Waals surface area (Å²) in [5.74, 6) is -0.0603. The Hall–Kier alpha value is -1.35. The number of benzene rings is 1. The molecule has 0 heterocycles. The van der Waals surface area contributed by atoms with Gasteiger partial charge in [0.05, 0.1) is 7.11 Å². The molecule has 3 heteroatoms. The monoisotopic (exact) mass is 195 g/mol. The van der Waals surface area contributed by atoms with Gasteiger partial charge in [0.15, 0.2) is 11.6 Å². The van der Waals surface area contributed by atoms with Crippen LogP contribution in [0, 0.1) is 5.82 Å². The number of methoxy groups -OCH3 is 1. The molecule has 1 rings (SSSR count). The molecule has 0 aliphatic carbocycles. The van der Waals surface area contributed by atoms with Crippen molar-refractivity contribution in [2.45, 2.75) is 0 Å². The zero-order chi connectivity index (χ0) is 10.4. The van der Waals surface area contributed by atoms with E-state index in [1.165, 1.54) is 13.2 Å². The van der Waals surface area contributed by atoms with E-state index in [1.54, 1.807) is 12.1 Å². The van der Waals surface area contributed by atoms with Crippen molar-refractivity contribution in [2.75, 3.05) is 20.7 Å². The molecular formula is C11H14FNO. The molecule has 0 unspecified atom stereocenters. The summed E-state index contributed by atoms with van der Waals surface area (Å²) in [5, 5.41) is 2.99. The maximum absolute atomic E-state index is 13.0. The summed E-state index contributed by atoms with van der Waals surface area (Å²) in [7, 11) is 3.33. The standard InChI is InChI=1S/C11H14FNO/c1-13-7-3-4-9-5-6-10(12)11(8-9)14-2/h3-6,8,13H,7H2,1-2H3. The maximum atomic E-state index is 13.0. The van der Waals surface area contributed by atoms with E-state index >= 15 is 0 Å². The van der Waals surface area contributed by atoms with Crippen LogP contribution in [0.1, 0.15) is 5.56 Å². The van der Waals surface area contributed by atoms with Crippen LogP contribution >= 0.6 is 0 Å². The normalized spacial score (nSPS) is 10.8. The third-order valence-electron chi connectivity index (χ3n) is 1.81. The van der Waals surface area contributed by atoms with E-state index in [2.05, 4.69) is 5.32 Å². The Kier molecular flexibility index (Phi) is 4.13. The lowest BCUT2D eigenvalue weighted by Crippen LogP contribution is -2.03. The van der Waals surface area contributed by atoms with Crippen molar-refractivity contribution in [1.29, 1.82) is 0 Å². The van der Waals surface area contributed by atoms with E-state index in [9.17, 15) is 4.39 Å². The minimum Gasteiger partial charge on any atom is -0.494 e. The molecule has 0 aliphatic rings. The zero-order valence-electron chi connectivity index (χ0n) is 8.38. The lowest BCUT2D eigenvalue weighted by molar-refractivity contribution is 0.386. The Balaban J connectivity index is 2.79. The van der Waals surface area contributed by atoms with Gasteiger partial charge in [-0.15, -0.1) is 0 Å². The molecule has 0 radical (unpaired) electrons. The van der Waals surface area contributed by atoms with Gasteiger partial charge < -0.3 is 10.1 Å². The van der Waals surface area contributed by atoms with Crippen LogP contribution in [0.3, 0.4) is 0 Å². The van der Waals surface area contributed by atoms with Crippen LogP contribution in [0.4, 0.5) is 4.39 Å². The third-order valence-corrected chi connectivity index (χ3v) is 1.81. The summed E-state index contributed by atoms with van der Waals surface area (Å²) >= 11 is 0. The molecule has 76 valence electrons. The first-order valence-corrected chi connectivity index (χ1v) is 4.42. The molecule has 0 saturated carbocycles. The molecule has 0 atom stereocenters. The number of hydrogen-bond acceptors (Lipinski definition) is 2. The molecule has 0 spiro atoms. The van der Waals surface area contributed by atoms with Crippen LogP contribution in [0.2, 0.25) is 0 Å². The molecule has 1 aromatic carbocycles. The molecule has 1 N–H and O–H groups in total. The highest BCUT2D eigenvalue weighted by molar-refractivity contribution is 5.52. The van der Waals surface area contributed by atoms with Crippen LogP contribution < -0.4 is 10.1 Å². The highest BCUT2D eigenvalue weighted by Gasteiger charge is 2.00. The molecule has 14 heavy (non-hydrogen) atoms. The van der Waals surface area contributed by atoms with Crippen molar-refractivity contribution in [3.63, 3.8) is 0 Å². The molecule has 0 aromatic heterocycles. The van der Waals surface area contributed by atoms with Gasteiger partial charge in [-0.2, -0.15) is 0 Å². The minimum atomic E-state index is -0.335. The molecule has 0 aliphatic heterocycles. The van der Waals surface area contributed by atoms with Crippen LogP contribution in [0.5, 0.6) is 5.75 Å². The van der Waals surface area contributed by atoms with E-state index in [0.29, 0.717) is 0 Å². The fourth-order valence-electron chi connectivity index (χ4n) is 1.09. The molecule has 0 bridgehead atoms. The Morgan fingerprint density at radius 2 is 2.29 bits per heavy atom. The number of rotatable bonds is 4. The largest absolute Gasteiger partial charge is 0.494 e. The first-order chi connectivity index (χ1) is 6.77. The van der Waals surface area contributed by atoms with Crippen LogP contribution in [-0.4, -0.2) is 20.7 Å². The van der Waals surface area contributed by atoms with Gasteiger partial charge >= 0.3 is 0 Å². The SMILES string of the molecule is CNCC=Cc1ccc(F)c(OC)c1. The highest BCUT2D eigenvalue weighted by Crippen LogP contribution is 2.18. The van der Waals surface area contributed by atoms with Crippen molar-refractivity contribution < 1.29 is 9.13 Å². The molecule has 0 saturated heterocycles. The van der Waals surface area contributed by atoms with Crippen LogP contribution in [0.15, 0.2) is 24.3 Å². The summed E-state index contributed by atoms with van der Waals surface area (Å²) in [6.07, 6.45) is 3.88. The molecule has 2 nitrogen and oxygen atoms in total. The van der Waals surface area contributed by atoms with E-state index in [0.717, 1.165) is 12.1 Å². The average molecular weight is 195 g/mol. The Morgan fingerprint density at radius 3 is 2.93 bits per heavy atom. The fraction of sp³-hybridized carbons (Fsp3) is 0.273. The number of halogens is 1. The Morgan fingerprint density at radius 1 is 1.50 bits per heavy atom. The van der Waals surface area contributed by atoms with Crippen molar-refractivity contribution in [1.82, 2.24) is 5.32 Å². The van der Waals surface area contributed by atoms with Gasteiger partial charge in [0.25, 0.3) is 0 Å². The van der Waals surface area contributed by atoms with Crippen LogP contribution in [0.25, 0.3) is 6.08 Å². The van der Waals surface area contributed by atoms with E-state index < -0.39 is 0 Å². The first-order valence-electron chi connectivity index (χ1n) is 4.42. The predicted octanol–water partition coefficient (Wildman–Crippen LogP) is 2.07. The van der Waals surface area contributed by atoms with Gasteiger partial charge in [0.2, 0.25) is 0 Å². The lowest BCUT2D eigenvalue weighted by atomic mass is 10.2. The summed E-state index contributed by atoms with van der Waals surface area (Å²) < 4.78 is 17.9. The summed E-state index contributed by atoms with van der Waals surface area (Å²) in [4.78, 5) is 0. The van der Waals surface area contributed by atoms with E-state index in [4.69, 9.17) is 4.74 Å². The molecule has 1 aromatic rings. The fourth-order valence-corrected chi connectivity index (χ4v) is 1.09. The number of likely N-dealkylation sites (N-methyl/N-ethyl adjacent to an activating group) is 1. The van der Waals surface area contributed by atoms with Gasteiger partial charge in [-0.3, -0.25) is 0 Å². The summed E-state index contributed by atoms with van der Waals surface area (Å²) in [5.41, 5.74) is 0.929. The smallest absolute Gasteiger partial charge is 0.165 e. The zero-order valence-corrected chi connectivity index (χ0v) is 8.38. The number of nitrogens with one attached hydrogen (secondary N) is 1. The summed E-state index contributed by atoms with van der Waals surface area (Å²) in [6, 6.07) is 4.78. The van der Waals surface area contributed by atoms with Gasteiger partial charge in [-0.1, -0.05) is 18.2 Å².